The molecule has 1 saturated heterocycles. The third-order valence-corrected chi connectivity index (χ3v) is 4.95. The Bertz CT molecular complexity index is 761. The highest BCUT2D eigenvalue weighted by Crippen LogP contribution is 2.18. The highest BCUT2D eigenvalue weighted by atomic mass is 16.5. The minimum Gasteiger partial charge on any atom is -0.379 e. The van der Waals surface area contributed by atoms with Gasteiger partial charge in [-0.2, -0.15) is 0 Å². The predicted molar refractivity (Wildman–Crippen MR) is 104 cm³/mol. The fourth-order valence-corrected chi connectivity index (χ4v) is 3.58. The molecule has 1 aliphatic rings. The lowest BCUT2D eigenvalue weighted by Crippen LogP contribution is -2.41. The molecule has 0 spiro atoms. The van der Waals surface area contributed by atoms with Crippen molar-refractivity contribution in [2.24, 2.45) is 0 Å². The summed E-state index contributed by atoms with van der Waals surface area (Å²) in [6.07, 6.45) is 0. The summed E-state index contributed by atoms with van der Waals surface area (Å²) in [5.41, 5.74) is 5.36. The van der Waals surface area contributed by atoms with Gasteiger partial charge in [-0.05, 0) is 38.0 Å². The molecule has 0 unspecified atom stereocenters. The van der Waals surface area contributed by atoms with E-state index in [-0.39, 0.29) is 5.91 Å². The van der Waals surface area contributed by atoms with Crippen LogP contribution in [0.1, 0.15) is 32.9 Å². The number of morpholine rings is 1. The largest absolute Gasteiger partial charge is 0.379 e. The van der Waals surface area contributed by atoms with E-state index in [1.54, 1.807) is 0 Å². The molecular formula is C21H29N3O2. The number of hydrogen-bond donors (Lipinski definition) is 1. The summed E-state index contributed by atoms with van der Waals surface area (Å²) in [5, 5.41) is 3.10. The Balaban J connectivity index is 1.67. The maximum absolute atomic E-state index is 12.8. The van der Waals surface area contributed by atoms with Crippen LogP contribution in [0, 0.1) is 20.8 Å². The molecular weight excluding hydrogens is 326 g/mol. The summed E-state index contributed by atoms with van der Waals surface area (Å²) >= 11 is 0. The molecule has 0 radical (unpaired) electrons. The van der Waals surface area contributed by atoms with Crippen LogP contribution in [0.15, 0.2) is 30.3 Å². The molecule has 140 valence electrons. The number of carbonyl (C=O) groups is 1. The van der Waals surface area contributed by atoms with Crippen molar-refractivity contribution in [2.45, 2.75) is 27.3 Å². The molecule has 0 bridgehead atoms. The highest BCUT2D eigenvalue weighted by molar-refractivity contribution is 5.94. The lowest BCUT2D eigenvalue weighted by atomic mass is 10.1. The first-order valence-electron chi connectivity index (χ1n) is 9.35. The molecule has 26 heavy (non-hydrogen) atoms. The Labute approximate surface area is 156 Å². The first-order valence-corrected chi connectivity index (χ1v) is 9.35. The third kappa shape index (κ3) is 4.54. The normalized spacial score (nSPS) is 15.2. The van der Waals surface area contributed by atoms with Gasteiger partial charge < -0.3 is 14.6 Å². The summed E-state index contributed by atoms with van der Waals surface area (Å²) in [6.45, 7) is 11.9. The van der Waals surface area contributed by atoms with Crippen molar-refractivity contribution in [3.05, 3.63) is 58.4 Å². The van der Waals surface area contributed by atoms with E-state index in [0.717, 1.165) is 49.8 Å². The number of hydrogen-bond acceptors (Lipinski definition) is 3. The molecule has 1 N–H and O–H groups in total. The fraction of sp³-hybridized carbons (Fsp3) is 0.476. The average molecular weight is 355 g/mol. The van der Waals surface area contributed by atoms with Crippen LogP contribution in [-0.2, 0) is 11.3 Å². The molecule has 0 saturated carbocycles. The van der Waals surface area contributed by atoms with E-state index in [4.69, 9.17) is 4.74 Å². The number of nitrogens with one attached hydrogen (secondary N) is 1. The number of rotatable bonds is 6. The van der Waals surface area contributed by atoms with Crippen molar-refractivity contribution in [1.82, 2.24) is 14.8 Å². The maximum atomic E-state index is 12.8. The van der Waals surface area contributed by atoms with Gasteiger partial charge in [-0.3, -0.25) is 9.69 Å². The van der Waals surface area contributed by atoms with Crippen molar-refractivity contribution in [2.75, 3.05) is 39.4 Å². The van der Waals surface area contributed by atoms with E-state index >= 15 is 0 Å². The van der Waals surface area contributed by atoms with Gasteiger partial charge in [-0.1, -0.05) is 29.8 Å². The van der Waals surface area contributed by atoms with E-state index < -0.39 is 0 Å². The highest BCUT2D eigenvalue weighted by Gasteiger charge is 2.18. The topological polar surface area (TPSA) is 46.5 Å². The van der Waals surface area contributed by atoms with E-state index in [1.807, 2.05) is 6.92 Å². The zero-order valence-corrected chi connectivity index (χ0v) is 16.0. The molecule has 2 heterocycles. The number of benzene rings is 1. The summed E-state index contributed by atoms with van der Waals surface area (Å²) in [4.78, 5) is 15.2. The molecule has 0 atom stereocenters. The Morgan fingerprint density at radius 2 is 1.92 bits per heavy atom. The van der Waals surface area contributed by atoms with Crippen LogP contribution < -0.4 is 5.32 Å². The van der Waals surface area contributed by atoms with Crippen LogP contribution in [0.25, 0.3) is 0 Å². The van der Waals surface area contributed by atoms with E-state index in [0.29, 0.717) is 13.1 Å². The SMILES string of the molecule is Cc1cccc(Cn2c(C)cc(C)c2C(=O)NCCN2CCOCC2)c1. The molecule has 5 nitrogen and oxygen atoms in total. The quantitative estimate of drug-likeness (QED) is 0.866. The molecule has 1 aromatic heterocycles. The minimum absolute atomic E-state index is 0.0107. The number of aromatic nitrogens is 1. The van der Waals surface area contributed by atoms with Crippen LogP contribution in [-0.4, -0.2) is 54.8 Å². The summed E-state index contributed by atoms with van der Waals surface area (Å²) < 4.78 is 7.48. The maximum Gasteiger partial charge on any atom is 0.268 e. The summed E-state index contributed by atoms with van der Waals surface area (Å²) in [7, 11) is 0. The molecule has 2 aromatic rings. The Morgan fingerprint density at radius 1 is 1.15 bits per heavy atom. The van der Waals surface area contributed by atoms with Gasteiger partial charge in [0.05, 0.1) is 13.2 Å². The average Bonchev–Trinajstić information content (AvgIpc) is 2.89. The molecule has 5 heteroatoms. The summed E-state index contributed by atoms with van der Waals surface area (Å²) in [5.74, 6) is 0.0107. The van der Waals surface area contributed by atoms with Crippen molar-refractivity contribution < 1.29 is 9.53 Å². The zero-order valence-electron chi connectivity index (χ0n) is 16.0. The molecule has 1 aliphatic heterocycles. The van der Waals surface area contributed by atoms with Crippen molar-refractivity contribution in [3.63, 3.8) is 0 Å². The predicted octanol–water partition coefficient (Wildman–Crippen LogP) is 2.52. The van der Waals surface area contributed by atoms with Gasteiger partial charge in [0.15, 0.2) is 0 Å². The molecule has 1 fully saturated rings. The van der Waals surface area contributed by atoms with Gasteiger partial charge in [0.1, 0.15) is 5.69 Å². The van der Waals surface area contributed by atoms with Crippen molar-refractivity contribution in [3.8, 4) is 0 Å². The molecule has 1 aromatic carbocycles. The lowest BCUT2D eigenvalue weighted by Gasteiger charge is -2.26. The van der Waals surface area contributed by atoms with Crippen LogP contribution in [0.4, 0.5) is 0 Å². The van der Waals surface area contributed by atoms with Gasteiger partial charge in [-0.25, -0.2) is 0 Å². The Morgan fingerprint density at radius 3 is 2.65 bits per heavy atom. The third-order valence-electron chi connectivity index (χ3n) is 4.95. The van der Waals surface area contributed by atoms with E-state index in [9.17, 15) is 4.79 Å². The van der Waals surface area contributed by atoms with Gasteiger partial charge in [0, 0.05) is 38.4 Å². The minimum atomic E-state index is 0.0107. The van der Waals surface area contributed by atoms with Crippen LogP contribution >= 0.6 is 0 Å². The van der Waals surface area contributed by atoms with Gasteiger partial charge in [-0.15, -0.1) is 0 Å². The number of ether oxygens (including phenoxy) is 1. The molecule has 1 amide bonds. The first-order chi connectivity index (χ1) is 12.5. The zero-order chi connectivity index (χ0) is 18.5. The molecule has 0 aliphatic carbocycles. The first kappa shape index (κ1) is 18.7. The monoisotopic (exact) mass is 355 g/mol. The van der Waals surface area contributed by atoms with E-state index in [1.165, 1.54) is 11.1 Å². The second-order valence-electron chi connectivity index (χ2n) is 7.10. The smallest absolute Gasteiger partial charge is 0.268 e. The summed E-state index contributed by atoms with van der Waals surface area (Å²) in [6, 6.07) is 10.5. The fourth-order valence-electron chi connectivity index (χ4n) is 3.58. The second-order valence-corrected chi connectivity index (χ2v) is 7.10. The molecule has 3 rings (SSSR count). The lowest BCUT2D eigenvalue weighted by molar-refractivity contribution is 0.0383. The van der Waals surface area contributed by atoms with Gasteiger partial charge in [0.2, 0.25) is 0 Å². The standard InChI is InChI=1S/C21H29N3O2/c1-16-5-4-6-19(13-16)15-24-18(3)14-17(2)20(24)21(25)22-7-8-23-9-11-26-12-10-23/h4-6,13-14H,7-12,15H2,1-3H3,(H,22,25). The van der Waals surface area contributed by atoms with Crippen LogP contribution in [0.5, 0.6) is 0 Å². The van der Waals surface area contributed by atoms with Gasteiger partial charge >= 0.3 is 0 Å². The number of carbonyl (C=O) groups excluding carboxylic acids is 1. The van der Waals surface area contributed by atoms with Crippen LogP contribution in [0.2, 0.25) is 0 Å². The van der Waals surface area contributed by atoms with Gasteiger partial charge in [0.25, 0.3) is 5.91 Å². The van der Waals surface area contributed by atoms with Crippen molar-refractivity contribution in [1.29, 1.82) is 0 Å². The number of nitrogens with zero attached hydrogens (tertiary/aromatic N) is 2. The number of amides is 1. The van der Waals surface area contributed by atoms with Crippen LogP contribution in [0.3, 0.4) is 0 Å². The van der Waals surface area contributed by atoms with E-state index in [2.05, 4.69) is 59.0 Å². The Kier molecular flexibility index (Phi) is 6.12. The Hall–Kier alpha value is -2.11. The van der Waals surface area contributed by atoms with Crippen molar-refractivity contribution >= 4 is 5.91 Å². The number of aryl methyl sites for hydroxylation is 3. The second kappa shape index (κ2) is 8.52.